The quantitative estimate of drug-likeness (QED) is 0.614. The summed E-state index contributed by atoms with van der Waals surface area (Å²) in [4.78, 5) is 18.4. The molecule has 19 heavy (non-hydrogen) atoms. The van der Waals surface area contributed by atoms with E-state index in [0.29, 0.717) is 11.6 Å². The molecule has 0 saturated carbocycles. The van der Waals surface area contributed by atoms with Crippen LogP contribution in [-0.4, -0.2) is 9.97 Å². The molecule has 2 aromatic heterocycles. The molecule has 3 aromatic rings. The zero-order valence-corrected chi connectivity index (χ0v) is 10.1. The fraction of sp³-hybridized carbons (Fsp3) is 0. The van der Waals surface area contributed by atoms with Crippen LogP contribution in [0.2, 0.25) is 0 Å². The van der Waals surface area contributed by atoms with Crippen LogP contribution in [0, 0.1) is 0 Å². The van der Waals surface area contributed by atoms with Crippen LogP contribution in [0.3, 0.4) is 0 Å². The van der Waals surface area contributed by atoms with Crippen molar-refractivity contribution >= 4 is 22.5 Å². The van der Waals surface area contributed by atoms with E-state index < -0.39 is 0 Å². The van der Waals surface area contributed by atoms with Gasteiger partial charge in [0.05, 0.1) is 5.52 Å². The molecule has 2 heterocycles. The smallest absolute Gasteiger partial charge is 0.248 e. The van der Waals surface area contributed by atoms with Crippen LogP contribution in [-0.2, 0) is 0 Å². The first-order chi connectivity index (χ1) is 9.15. The first-order valence-electron chi connectivity index (χ1n) is 5.79. The molecule has 5 nitrogen and oxygen atoms in total. The van der Waals surface area contributed by atoms with Crippen molar-refractivity contribution in [1.82, 2.24) is 9.97 Å². The molecule has 94 valence electrons. The summed E-state index contributed by atoms with van der Waals surface area (Å²) in [6.07, 6.45) is 0. The van der Waals surface area contributed by atoms with Gasteiger partial charge in [-0.1, -0.05) is 18.2 Å². The fourth-order valence-corrected chi connectivity index (χ4v) is 2.12. The van der Waals surface area contributed by atoms with E-state index >= 15 is 0 Å². The molecule has 0 aliphatic carbocycles. The second kappa shape index (κ2) is 4.13. The van der Waals surface area contributed by atoms with Gasteiger partial charge in [-0.2, -0.15) is 0 Å². The van der Waals surface area contributed by atoms with Gasteiger partial charge in [0.1, 0.15) is 11.6 Å². The highest BCUT2D eigenvalue weighted by Crippen LogP contribution is 2.30. The maximum absolute atomic E-state index is 11.5. The Morgan fingerprint density at radius 1 is 0.947 bits per heavy atom. The predicted octanol–water partition coefficient (Wildman–Crippen LogP) is 1.75. The van der Waals surface area contributed by atoms with E-state index in [0.717, 1.165) is 22.0 Å². The lowest BCUT2D eigenvalue weighted by Gasteiger charge is -2.09. The Balaban J connectivity index is 2.36. The molecule has 0 amide bonds. The Hall–Kier alpha value is -2.82. The molecule has 5 N–H and O–H groups in total. The molecule has 0 aliphatic heterocycles. The van der Waals surface area contributed by atoms with E-state index in [1.807, 2.05) is 18.2 Å². The van der Waals surface area contributed by atoms with Crippen molar-refractivity contribution in [1.29, 1.82) is 0 Å². The summed E-state index contributed by atoms with van der Waals surface area (Å²) in [7, 11) is 0. The third kappa shape index (κ3) is 1.91. The number of nitrogen functional groups attached to an aromatic ring is 2. The van der Waals surface area contributed by atoms with Gasteiger partial charge in [-0.25, -0.2) is 4.98 Å². The van der Waals surface area contributed by atoms with Crippen molar-refractivity contribution in [3.8, 4) is 11.1 Å². The third-order valence-electron chi connectivity index (χ3n) is 3.00. The summed E-state index contributed by atoms with van der Waals surface area (Å²) in [5.41, 5.74) is 13.7. The first kappa shape index (κ1) is 11.3. The average Bonchev–Trinajstić information content (AvgIpc) is 2.38. The number of benzene rings is 1. The van der Waals surface area contributed by atoms with Crippen LogP contribution in [0.4, 0.5) is 11.6 Å². The minimum absolute atomic E-state index is 0.151. The number of hydrogen-bond acceptors (Lipinski definition) is 4. The minimum Gasteiger partial charge on any atom is -0.384 e. The molecule has 0 saturated heterocycles. The SMILES string of the molecule is Nc1ccc(-c2cccc3ccc(=O)[nH]c23)c(N)n1. The van der Waals surface area contributed by atoms with Gasteiger partial charge in [0, 0.05) is 17.2 Å². The summed E-state index contributed by atoms with van der Waals surface area (Å²) in [5.74, 6) is 0.715. The van der Waals surface area contributed by atoms with Gasteiger partial charge in [-0.05, 0) is 23.6 Å². The van der Waals surface area contributed by atoms with Crippen LogP contribution in [0.1, 0.15) is 0 Å². The zero-order valence-electron chi connectivity index (χ0n) is 10.1. The van der Waals surface area contributed by atoms with Crippen LogP contribution in [0.15, 0.2) is 47.3 Å². The molecule has 0 fully saturated rings. The van der Waals surface area contributed by atoms with Crippen molar-refractivity contribution in [3.63, 3.8) is 0 Å². The maximum Gasteiger partial charge on any atom is 0.248 e. The highest BCUT2D eigenvalue weighted by molar-refractivity contribution is 5.96. The molecule has 0 unspecified atom stereocenters. The summed E-state index contributed by atoms with van der Waals surface area (Å²) in [6.45, 7) is 0. The number of hydrogen-bond donors (Lipinski definition) is 3. The first-order valence-corrected chi connectivity index (χ1v) is 5.79. The number of nitrogens with one attached hydrogen (secondary N) is 1. The number of fused-ring (bicyclic) bond motifs is 1. The molecule has 0 aliphatic rings. The maximum atomic E-state index is 11.5. The topological polar surface area (TPSA) is 97.8 Å². The predicted molar refractivity (Wildman–Crippen MR) is 76.6 cm³/mol. The van der Waals surface area contributed by atoms with E-state index in [1.165, 1.54) is 6.07 Å². The molecule has 0 spiro atoms. The molecule has 0 radical (unpaired) electrons. The Bertz CT molecular complexity index is 823. The van der Waals surface area contributed by atoms with Crippen LogP contribution in [0.5, 0.6) is 0 Å². The van der Waals surface area contributed by atoms with Gasteiger partial charge >= 0.3 is 0 Å². The Morgan fingerprint density at radius 3 is 2.58 bits per heavy atom. The van der Waals surface area contributed by atoms with Gasteiger partial charge in [-0.15, -0.1) is 0 Å². The Labute approximate surface area is 108 Å². The monoisotopic (exact) mass is 252 g/mol. The van der Waals surface area contributed by atoms with E-state index in [9.17, 15) is 4.79 Å². The minimum atomic E-state index is -0.151. The second-order valence-corrected chi connectivity index (χ2v) is 4.26. The largest absolute Gasteiger partial charge is 0.384 e. The standard InChI is InChI=1S/C14H12N4O/c15-11-6-5-10(14(16)17-11)9-3-1-2-8-4-7-12(19)18-13(8)9/h1-7H,(H,18,19)(H4,15,16,17). The summed E-state index contributed by atoms with van der Waals surface area (Å²) in [5, 5.41) is 0.938. The molecule has 3 rings (SSSR count). The van der Waals surface area contributed by atoms with E-state index in [4.69, 9.17) is 11.5 Å². The lowest BCUT2D eigenvalue weighted by atomic mass is 10.0. The number of nitrogens with zero attached hydrogens (tertiary/aromatic N) is 1. The zero-order chi connectivity index (χ0) is 13.4. The Kier molecular flexibility index (Phi) is 2.45. The second-order valence-electron chi connectivity index (χ2n) is 4.26. The Morgan fingerprint density at radius 2 is 1.79 bits per heavy atom. The summed E-state index contributed by atoms with van der Waals surface area (Å²) >= 11 is 0. The molecule has 0 bridgehead atoms. The van der Waals surface area contributed by atoms with Gasteiger partial charge in [0.2, 0.25) is 5.56 Å². The lowest BCUT2D eigenvalue weighted by Crippen LogP contribution is -2.04. The van der Waals surface area contributed by atoms with Crippen LogP contribution >= 0.6 is 0 Å². The number of para-hydroxylation sites is 1. The molecular weight excluding hydrogens is 240 g/mol. The number of rotatable bonds is 1. The average molecular weight is 252 g/mol. The number of pyridine rings is 2. The number of anilines is 2. The number of nitrogens with two attached hydrogens (primary N) is 2. The molecule has 1 aromatic carbocycles. The van der Waals surface area contributed by atoms with Crippen LogP contribution < -0.4 is 17.0 Å². The third-order valence-corrected chi connectivity index (χ3v) is 3.00. The van der Waals surface area contributed by atoms with E-state index in [-0.39, 0.29) is 5.56 Å². The van der Waals surface area contributed by atoms with Crippen molar-refractivity contribution in [2.75, 3.05) is 11.5 Å². The van der Waals surface area contributed by atoms with Crippen molar-refractivity contribution < 1.29 is 0 Å². The number of aromatic amines is 1. The number of aromatic nitrogens is 2. The van der Waals surface area contributed by atoms with Crippen molar-refractivity contribution in [3.05, 3.63) is 52.8 Å². The highest BCUT2D eigenvalue weighted by Gasteiger charge is 2.08. The summed E-state index contributed by atoms with van der Waals surface area (Å²) < 4.78 is 0. The fourth-order valence-electron chi connectivity index (χ4n) is 2.12. The van der Waals surface area contributed by atoms with Crippen molar-refractivity contribution in [2.24, 2.45) is 0 Å². The van der Waals surface area contributed by atoms with Gasteiger partial charge < -0.3 is 16.5 Å². The summed E-state index contributed by atoms with van der Waals surface area (Å²) in [6, 6.07) is 12.5. The van der Waals surface area contributed by atoms with Gasteiger partial charge in [0.25, 0.3) is 0 Å². The molecule has 0 atom stereocenters. The van der Waals surface area contributed by atoms with Crippen LogP contribution in [0.25, 0.3) is 22.0 Å². The lowest BCUT2D eigenvalue weighted by molar-refractivity contribution is 1.30. The van der Waals surface area contributed by atoms with E-state index in [2.05, 4.69) is 9.97 Å². The van der Waals surface area contributed by atoms with Crippen molar-refractivity contribution in [2.45, 2.75) is 0 Å². The van der Waals surface area contributed by atoms with Gasteiger partial charge in [-0.3, -0.25) is 4.79 Å². The number of H-pyrrole nitrogens is 1. The van der Waals surface area contributed by atoms with Gasteiger partial charge in [0.15, 0.2) is 0 Å². The highest BCUT2D eigenvalue weighted by atomic mass is 16.1. The molecular formula is C14H12N4O. The molecule has 5 heteroatoms. The van der Waals surface area contributed by atoms with E-state index in [1.54, 1.807) is 18.2 Å². The normalized spacial score (nSPS) is 10.7.